The Kier molecular flexibility index (Phi) is 15.9. The summed E-state index contributed by atoms with van der Waals surface area (Å²) in [7, 11) is 3.71. The van der Waals surface area contributed by atoms with Crippen LogP contribution in [0.2, 0.25) is 0 Å². The van der Waals surface area contributed by atoms with Crippen molar-refractivity contribution in [3.8, 4) is 0 Å². The Bertz CT molecular complexity index is 233. The smallest absolute Gasteiger partial charge is 0.0973 e. The molecule has 22 heavy (non-hydrogen) atoms. The fourth-order valence-electron chi connectivity index (χ4n) is 2.81. The monoisotopic (exact) mass is 406 g/mol. The first-order chi connectivity index (χ1) is 10.4. The normalized spacial score (nSPS) is 13.8. The molecule has 0 heterocycles. The summed E-state index contributed by atoms with van der Waals surface area (Å²) in [5, 5.41) is 0.450. The van der Waals surface area contributed by atoms with Crippen LogP contribution in [0, 0.1) is 5.92 Å². The zero-order valence-electron chi connectivity index (χ0n) is 14.4. The highest BCUT2D eigenvalue weighted by atomic mass is 35.6. The molecule has 134 valence electrons. The van der Waals surface area contributed by atoms with Crippen LogP contribution < -0.4 is 0 Å². The average molecular weight is 408 g/mol. The number of hydrogen-bond donors (Lipinski definition) is 0. The van der Waals surface area contributed by atoms with Crippen LogP contribution in [0.3, 0.4) is 0 Å². The molecule has 5 heteroatoms. The van der Waals surface area contributed by atoms with Crippen LogP contribution in [0.25, 0.3) is 0 Å². The van der Waals surface area contributed by atoms with Crippen molar-refractivity contribution in [2.75, 3.05) is 6.26 Å². The molecular formula is C17H33Cl3S2. The van der Waals surface area contributed by atoms with Gasteiger partial charge in [0.1, 0.15) is 0 Å². The summed E-state index contributed by atoms with van der Waals surface area (Å²) in [5.74, 6) is 0.682. The molecule has 0 unspecified atom stereocenters. The Morgan fingerprint density at radius 2 is 1.32 bits per heavy atom. The molecule has 0 rings (SSSR count). The molecular weight excluding hydrogens is 375 g/mol. The van der Waals surface area contributed by atoms with E-state index in [9.17, 15) is 0 Å². The van der Waals surface area contributed by atoms with E-state index < -0.39 is 3.79 Å². The molecule has 0 aliphatic carbocycles. The highest BCUT2D eigenvalue weighted by Crippen LogP contribution is 2.43. The van der Waals surface area contributed by atoms with Crippen LogP contribution in [0.1, 0.15) is 84.5 Å². The van der Waals surface area contributed by atoms with Crippen molar-refractivity contribution in [2.24, 2.45) is 5.92 Å². The van der Waals surface area contributed by atoms with E-state index in [1.807, 2.05) is 10.8 Å². The maximum Gasteiger partial charge on any atom is 0.191 e. The van der Waals surface area contributed by atoms with E-state index >= 15 is 0 Å². The standard InChI is InChI=1S/C17H33Cl3S2/c1-4-6-8-10-12-15(13-11-9-7-5-2)16(22-21-3)14-17(18,19)20/h15-16H,4-14H2,1-3H3/t16-/m1/s1. The van der Waals surface area contributed by atoms with E-state index in [1.54, 1.807) is 10.8 Å². The van der Waals surface area contributed by atoms with Crippen molar-refractivity contribution >= 4 is 56.4 Å². The zero-order chi connectivity index (χ0) is 16.8. The third-order valence-electron chi connectivity index (χ3n) is 4.04. The highest BCUT2D eigenvalue weighted by Gasteiger charge is 2.30. The van der Waals surface area contributed by atoms with Crippen molar-refractivity contribution in [1.82, 2.24) is 0 Å². The molecule has 0 spiro atoms. The lowest BCUT2D eigenvalue weighted by molar-refractivity contribution is 0.386. The Hall–Kier alpha value is 1.57. The fourth-order valence-corrected chi connectivity index (χ4v) is 6.00. The predicted octanol–water partition coefficient (Wildman–Crippen LogP) is 8.68. The first-order valence-corrected chi connectivity index (χ1v) is 12.5. The van der Waals surface area contributed by atoms with Crippen molar-refractivity contribution in [3.63, 3.8) is 0 Å². The molecule has 0 aromatic carbocycles. The Labute approximate surface area is 161 Å². The summed E-state index contributed by atoms with van der Waals surface area (Å²) < 4.78 is -1.13. The minimum Gasteiger partial charge on any atom is -0.0973 e. The van der Waals surface area contributed by atoms with Gasteiger partial charge in [0, 0.05) is 11.7 Å². The van der Waals surface area contributed by atoms with Crippen LogP contribution in [0.4, 0.5) is 0 Å². The van der Waals surface area contributed by atoms with Gasteiger partial charge in [-0.15, -0.1) is 0 Å². The van der Waals surface area contributed by atoms with Crippen molar-refractivity contribution < 1.29 is 0 Å². The van der Waals surface area contributed by atoms with Gasteiger partial charge in [-0.25, -0.2) is 0 Å². The van der Waals surface area contributed by atoms with Crippen LogP contribution in [-0.2, 0) is 0 Å². The number of halogens is 3. The van der Waals surface area contributed by atoms with E-state index in [0.29, 0.717) is 17.6 Å². The van der Waals surface area contributed by atoms with E-state index in [2.05, 4.69) is 20.1 Å². The van der Waals surface area contributed by atoms with Gasteiger partial charge in [0.05, 0.1) is 0 Å². The van der Waals surface area contributed by atoms with Crippen molar-refractivity contribution in [3.05, 3.63) is 0 Å². The minimum atomic E-state index is -1.13. The SMILES string of the molecule is CCCCCCC(CCCCCC)[C@@H](CC(Cl)(Cl)Cl)SSC. The van der Waals surface area contributed by atoms with Gasteiger partial charge >= 0.3 is 0 Å². The Balaban J connectivity index is 4.50. The number of unbranched alkanes of at least 4 members (excludes halogenated alkanes) is 6. The quantitative estimate of drug-likeness (QED) is 0.160. The third-order valence-corrected chi connectivity index (χ3v) is 6.81. The molecule has 0 amide bonds. The third kappa shape index (κ3) is 14.0. The lowest BCUT2D eigenvalue weighted by Crippen LogP contribution is -2.23. The van der Waals surface area contributed by atoms with Gasteiger partial charge in [-0.1, -0.05) is 122 Å². The number of hydrogen-bond acceptors (Lipinski definition) is 2. The maximum absolute atomic E-state index is 6.08. The topological polar surface area (TPSA) is 0 Å². The van der Waals surface area contributed by atoms with E-state index in [-0.39, 0.29) is 0 Å². The van der Waals surface area contributed by atoms with E-state index in [4.69, 9.17) is 34.8 Å². The summed E-state index contributed by atoms with van der Waals surface area (Å²) in [6.07, 6.45) is 15.9. The van der Waals surface area contributed by atoms with E-state index in [0.717, 1.165) is 0 Å². The molecule has 0 nitrogen and oxygen atoms in total. The predicted molar refractivity (Wildman–Crippen MR) is 111 cm³/mol. The second kappa shape index (κ2) is 14.9. The molecule has 0 saturated carbocycles. The summed E-state index contributed by atoms with van der Waals surface area (Å²) in [5.41, 5.74) is 0. The summed E-state index contributed by atoms with van der Waals surface area (Å²) in [4.78, 5) is 0. The zero-order valence-corrected chi connectivity index (χ0v) is 18.3. The second-order valence-electron chi connectivity index (χ2n) is 6.08. The highest BCUT2D eigenvalue weighted by molar-refractivity contribution is 8.76. The van der Waals surface area contributed by atoms with Gasteiger partial charge in [-0.2, -0.15) is 0 Å². The summed E-state index contributed by atoms with van der Waals surface area (Å²) in [6, 6.07) is 0. The lowest BCUT2D eigenvalue weighted by atomic mass is 9.90. The van der Waals surface area contributed by atoms with Crippen LogP contribution in [0.15, 0.2) is 0 Å². The molecule has 0 aliphatic heterocycles. The first kappa shape index (κ1) is 23.6. The molecule has 0 aliphatic rings. The molecule has 0 radical (unpaired) electrons. The molecule has 0 aromatic heterocycles. The Morgan fingerprint density at radius 1 is 0.818 bits per heavy atom. The molecule has 1 atom stereocenters. The number of alkyl halides is 3. The average Bonchev–Trinajstić information content (AvgIpc) is 2.44. The van der Waals surface area contributed by atoms with Crippen LogP contribution >= 0.6 is 56.4 Å². The van der Waals surface area contributed by atoms with Gasteiger partial charge in [-0.3, -0.25) is 0 Å². The van der Waals surface area contributed by atoms with Gasteiger partial charge in [-0.05, 0) is 25.0 Å². The van der Waals surface area contributed by atoms with Crippen molar-refractivity contribution in [2.45, 2.75) is 93.5 Å². The molecule has 0 bridgehead atoms. The van der Waals surface area contributed by atoms with Crippen LogP contribution in [0.5, 0.6) is 0 Å². The largest absolute Gasteiger partial charge is 0.191 e. The van der Waals surface area contributed by atoms with Gasteiger partial charge < -0.3 is 0 Å². The number of rotatable bonds is 14. The van der Waals surface area contributed by atoms with Crippen molar-refractivity contribution in [1.29, 1.82) is 0 Å². The van der Waals surface area contributed by atoms with Crippen LogP contribution in [-0.4, -0.2) is 15.3 Å². The summed E-state index contributed by atoms with van der Waals surface area (Å²) >= 11 is 18.3. The fraction of sp³-hybridized carbons (Fsp3) is 1.00. The molecule has 0 aromatic rings. The second-order valence-corrected chi connectivity index (χ2v) is 11.3. The molecule has 0 fully saturated rings. The maximum atomic E-state index is 6.08. The molecule has 0 saturated heterocycles. The lowest BCUT2D eigenvalue weighted by Gasteiger charge is -2.28. The Morgan fingerprint density at radius 3 is 1.68 bits per heavy atom. The van der Waals surface area contributed by atoms with Gasteiger partial charge in [0.15, 0.2) is 3.79 Å². The summed E-state index contributed by atoms with van der Waals surface area (Å²) in [6.45, 7) is 4.52. The van der Waals surface area contributed by atoms with Gasteiger partial charge in [0.25, 0.3) is 0 Å². The molecule has 0 N–H and O–H groups in total. The first-order valence-electron chi connectivity index (χ1n) is 8.70. The minimum absolute atomic E-state index is 0.450. The van der Waals surface area contributed by atoms with E-state index in [1.165, 1.54) is 64.2 Å². The van der Waals surface area contributed by atoms with Gasteiger partial charge in [0.2, 0.25) is 0 Å².